The Kier molecular flexibility index (Phi) is 5.65. The Hall–Kier alpha value is -2.76. The van der Waals surface area contributed by atoms with Gasteiger partial charge in [0, 0.05) is 13.1 Å². The van der Waals surface area contributed by atoms with Crippen LogP contribution in [0.25, 0.3) is 0 Å². The lowest BCUT2D eigenvalue weighted by atomic mass is 9.93. The molecular formula is C22H24FNO4. The van der Waals surface area contributed by atoms with Crippen molar-refractivity contribution >= 4 is 5.91 Å². The molecule has 1 amide bonds. The molecule has 1 fully saturated rings. The van der Waals surface area contributed by atoms with Gasteiger partial charge in [0.1, 0.15) is 18.2 Å². The first-order valence-electron chi connectivity index (χ1n) is 9.74. The van der Waals surface area contributed by atoms with Gasteiger partial charge in [-0.15, -0.1) is 0 Å². The number of likely N-dealkylation sites (tertiary alicyclic amines) is 1. The van der Waals surface area contributed by atoms with Crippen molar-refractivity contribution in [2.75, 3.05) is 26.3 Å². The molecule has 1 saturated heterocycles. The topological polar surface area (TPSA) is 48.0 Å². The Labute approximate surface area is 164 Å². The maximum Gasteiger partial charge on any atom is 0.267 e. The van der Waals surface area contributed by atoms with Crippen LogP contribution in [-0.4, -0.2) is 43.2 Å². The van der Waals surface area contributed by atoms with Gasteiger partial charge in [0.15, 0.2) is 11.5 Å². The molecule has 0 saturated carbocycles. The number of nitrogens with zero attached hydrogens (tertiary/aromatic N) is 1. The molecule has 0 aliphatic carbocycles. The van der Waals surface area contributed by atoms with E-state index in [0.29, 0.717) is 29.8 Å². The monoisotopic (exact) mass is 385 g/mol. The van der Waals surface area contributed by atoms with Gasteiger partial charge in [0.05, 0.1) is 6.61 Å². The molecule has 0 N–H and O–H groups in total. The number of halogens is 1. The van der Waals surface area contributed by atoms with Crippen molar-refractivity contribution in [1.29, 1.82) is 0 Å². The molecule has 1 atom stereocenters. The summed E-state index contributed by atoms with van der Waals surface area (Å²) in [5.41, 5.74) is 0. The first-order chi connectivity index (χ1) is 13.7. The number of piperidine rings is 1. The number of rotatable bonds is 5. The molecule has 2 aliphatic rings. The van der Waals surface area contributed by atoms with E-state index in [0.717, 1.165) is 32.4 Å². The van der Waals surface area contributed by atoms with Crippen molar-refractivity contribution in [2.45, 2.75) is 25.4 Å². The molecule has 6 heteroatoms. The van der Waals surface area contributed by atoms with Crippen molar-refractivity contribution in [2.24, 2.45) is 5.92 Å². The number of ether oxygens (including phenoxy) is 3. The minimum Gasteiger partial charge on any atom is -0.494 e. The number of amides is 1. The first-order valence-corrected chi connectivity index (χ1v) is 9.74. The third-order valence-corrected chi connectivity index (χ3v) is 5.32. The zero-order valence-electron chi connectivity index (χ0n) is 15.7. The first kappa shape index (κ1) is 18.6. The maximum absolute atomic E-state index is 12.9. The number of carbonyl (C=O) groups is 1. The zero-order chi connectivity index (χ0) is 19.3. The average Bonchev–Trinajstić information content (AvgIpc) is 2.75. The molecular weight excluding hydrogens is 361 g/mol. The quantitative estimate of drug-likeness (QED) is 0.788. The smallest absolute Gasteiger partial charge is 0.267 e. The molecule has 2 heterocycles. The molecule has 0 spiro atoms. The van der Waals surface area contributed by atoms with Crippen LogP contribution in [0.1, 0.15) is 19.3 Å². The third kappa shape index (κ3) is 4.38. The predicted molar refractivity (Wildman–Crippen MR) is 102 cm³/mol. The number of para-hydroxylation sites is 2. The molecule has 0 aromatic heterocycles. The van der Waals surface area contributed by atoms with Gasteiger partial charge in [-0.3, -0.25) is 4.79 Å². The number of benzene rings is 2. The summed E-state index contributed by atoms with van der Waals surface area (Å²) in [7, 11) is 0. The molecule has 2 aromatic carbocycles. The van der Waals surface area contributed by atoms with Crippen molar-refractivity contribution in [3.8, 4) is 17.2 Å². The number of hydrogen-bond donors (Lipinski definition) is 0. The van der Waals surface area contributed by atoms with Gasteiger partial charge in [-0.1, -0.05) is 12.1 Å². The van der Waals surface area contributed by atoms with E-state index in [1.165, 1.54) is 12.1 Å². The highest BCUT2D eigenvalue weighted by Crippen LogP contribution is 2.32. The minimum atomic E-state index is -0.576. The Bertz CT molecular complexity index is 802. The van der Waals surface area contributed by atoms with Crippen LogP contribution < -0.4 is 14.2 Å². The SMILES string of the molecule is O=C([C@@H]1COc2ccccc2O1)N1CCC(CCOc2ccc(F)cc2)CC1. The van der Waals surface area contributed by atoms with Crippen molar-refractivity contribution in [3.05, 3.63) is 54.3 Å². The van der Waals surface area contributed by atoms with Crippen LogP contribution >= 0.6 is 0 Å². The van der Waals surface area contributed by atoms with Crippen LogP contribution in [0.2, 0.25) is 0 Å². The van der Waals surface area contributed by atoms with Crippen molar-refractivity contribution < 1.29 is 23.4 Å². The molecule has 5 nitrogen and oxygen atoms in total. The van der Waals surface area contributed by atoms with Crippen LogP contribution in [0.5, 0.6) is 17.2 Å². The highest BCUT2D eigenvalue weighted by Gasteiger charge is 2.33. The summed E-state index contributed by atoms with van der Waals surface area (Å²) in [5.74, 6) is 2.25. The fourth-order valence-corrected chi connectivity index (χ4v) is 3.66. The van der Waals surface area contributed by atoms with Crippen molar-refractivity contribution in [3.63, 3.8) is 0 Å². The second-order valence-corrected chi connectivity index (χ2v) is 7.22. The Morgan fingerprint density at radius 1 is 1.07 bits per heavy atom. The van der Waals surface area contributed by atoms with E-state index in [4.69, 9.17) is 14.2 Å². The van der Waals surface area contributed by atoms with Crippen LogP contribution in [-0.2, 0) is 4.79 Å². The van der Waals surface area contributed by atoms with Crippen LogP contribution in [0.3, 0.4) is 0 Å². The Morgan fingerprint density at radius 2 is 1.79 bits per heavy atom. The van der Waals surface area contributed by atoms with E-state index >= 15 is 0 Å². The zero-order valence-corrected chi connectivity index (χ0v) is 15.7. The van der Waals surface area contributed by atoms with E-state index < -0.39 is 6.10 Å². The van der Waals surface area contributed by atoms with Crippen LogP contribution in [0.15, 0.2) is 48.5 Å². The number of carbonyl (C=O) groups excluding carboxylic acids is 1. The summed E-state index contributed by atoms with van der Waals surface area (Å²) < 4.78 is 30.1. The van der Waals surface area contributed by atoms with Gasteiger partial charge in [0.25, 0.3) is 5.91 Å². The summed E-state index contributed by atoms with van der Waals surface area (Å²) in [6.45, 7) is 2.30. The fraction of sp³-hybridized carbons (Fsp3) is 0.409. The molecule has 0 unspecified atom stereocenters. The summed E-state index contributed by atoms with van der Waals surface area (Å²) in [6, 6.07) is 13.5. The van der Waals surface area contributed by atoms with E-state index in [2.05, 4.69) is 0 Å². The number of fused-ring (bicyclic) bond motifs is 1. The lowest BCUT2D eigenvalue weighted by Crippen LogP contribution is -2.49. The van der Waals surface area contributed by atoms with Gasteiger partial charge in [-0.2, -0.15) is 0 Å². The molecule has 0 radical (unpaired) electrons. The summed E-state index contributed by atoms with van der Waals surface area (Å²) in [6.07, 6.45) is 2.24. The lowest BCUT2D eigenvalue weighted by molar-refractivity contribution is -0.142. The second-order valence-electron chi connectivity index (χ2n) is 7.22. The van der Waals surface area contributed by atoms with Crippen LogP contribution in [0, 0.1) is 11.7 Å². The summed E-state index contributed by atoms with van der Waals surface area (Å²) in [5, 5.41) is 0. The molecule has 2 aliphatic heterocycles. The molecule has 148 valence electrons. The van der Waals surface area contributed by atoms with Gasteiger partial charge in [-0.25, -0.2) is 4.39 Å². The molecule has 4 rings (SSSR count). The van der Waals surface area contributed by atoms with Gasteiger partial charge in [-0.05, 0) is 61.6 Å². The Balaban J connectivity index is 1.21. The van der Waals surface area contributed by atoms with Crippen molar-refractivity contribution in [1.82, 2.24) is 4.90 Å². The highest BCUT2D eigenvalue weighted by molar-refractivity contribution is 5.82. The summed E-state index contributed by atoms with van der Waals surface area (Å²) >= 11 is 0. The largest absolute Gasteiger partial charge is 0.494 e. The standard InChI is InChI=1S/C22H24FNO4/c23-17-5-7-18(8-6-17)26-14-11-16-9-12-24(13-10-16)22(25)21-15-27-19-3-1-2-4-20(19)28-21/h1-8,16,21H,9-15H2/t21-/m0/s1. The van der Waals surface area contributed by atoms with Gasteiger partial charge in [0.2, 0.25) is 6.10 Å². The van der Waals surface area contributed by atoms with E-state index in [1.54, 1.807) is 12.1 Å². The summed E-state index contributed by atoms with van der Waals surface area (Å²) in [4.78, 5) is 14.6. The van der Waals surface area contributed by atoms with Gasteiger partial charge < -0.3 is 19.1 Å². The van der Waals surface area contributed by atoms with E-state index in [-0.39, 0.29) is 18.3 Å². The molecule has 0 bridgehead atoms. The van der Waals surface area contributed by atoms with E-state index in [1.807, 2.05) is 29.2 Å². The second kappa shape index (κ2) is 8.50. The van der Waals surface area contributed by atoms with E-state index in [9.17, 15) is 9.18 Å². The Morgan fingerprint density at radius 3 is 2.54 bits per heavy atom. The normalized spacial score (nSPS) is 19.3. The third-order valence-electron chi connectivity index (χ3n) is 5.32. The average molecular weight is 385 g/mol. The maximum atomic E-state index is 12.9. The van der Waals surface area contributed by atoms with Gasteiger partial charge >= 0.3 is 0 Å². The fourth-order valence-electron chi connectivity index (χ4n) is 3.66. The predicted octanol–water partition coefficient (Wildman–Crippen LogP) is 3.67. The molecule has 2 aromatic rings. The number of hydrogen-bond acceptors (Lipinski definition) is 4. The lowest BCUT2D eigenvalue weighted by Gasteiger charge is -2.35. The highest BCUT2D eigenvalue weighted by atomic mass is 19.1. The minimum absolute atomic E-state index is 0.00415. The van der Waals surface area contributed by atoms with Crippen LogP contribution in [0.4, 0.5) is 4.39 Å². The molecule has 28 heavy (non-hydrogen) atoms.